The molecule has 0 fully saturated rings. The fourth-order valence-electron chi connectivity index (χ4n) is 0.771. The molecule has 0 saturated carbocycles. The number of aromatic nitrogens is 2. The summed E-state index contributed by atoms with van der Waals surface area (Å²) >= 11 is 0. The highest BCUT2D eigenvalue weighted by atomic mass is 15.2. The maximum Gasteiger partial charge on any atom is 0.456 e. The predicted molar refractivity (Wildman–Crippen MR) is 34.3 cm³/mol. The molecule has 0 radical (unpaired) electrons. The first-order valence-electron chi connectivity index (χ1n) is 2.87. The molecular weight excluding hydrogens is 144 g/mol. The predicted octanol–water partition coefficient (Wildman–Crippen LogP) is 0.550. The van der Waals surface area contributed by atoms with Gasteiger partial charge in [-0.3, -0.25) is 0 Å². The van der Waals surface area contributed by atoms with E-state index < -0.39 is 0 Å². The summed E-state index contributed by atoms with van der Waals surface area (Å²) < 4.78 is 0. The molecule has 0 amide bonds. The molecule has 52 valence electrons. The highest BCUT2D eigenvalue weighted by Crippen LogP contribution is 2.19. The van der Waals surface area contributed by atoms with Crippen LogP contribution in [0, 0.1) is 0 Å². The third kappa shape index (κ3) is 0.736. The number of rotatable bonds is 0. The molecule has 2 rings (SSSR count). The first kappa shape index (κ1) is 5.82. The zero-order valence-corrected chi connectivity index (χ0v) is 5.34. The summed E-state index contributed by atoms with van der Waals surface area (Å²) in [4.78, 5) is 10.6. The summed E-state index contributed by atoms with van der Waals surface area (Å²) in [6.45, 7) is 0. The molecule has 11 heavy (non-hydrogen) atoms. The third-order valence-electron chi connectivity index (χ3n) is 1.22. The van der Waals surface area contributed by atoms with Crippen LogP contribution in [0.5, 0.6) is 0 Å². The van der Waals surface area contributed by atoms with Gasteiger partial charge in [-0.25, -0.2) is 9.97 Å². The molecular formula is C5H2N6. The molecule has 6 heteroatoms. The van der Waals surface area contributed by atoms with Gasteiger partial charge in [-0.1, -0.05) is 0 Å². The zero-order valence-electron chi connectivity index (χ0n) is 5.34. The van der Waals surface area contributed by atoms with Gasteiger partial charge >= 0.3 is 5.84 Å². The Morgan fingerprint density at radius 2 is 2.00 bits per heavy atom. The lowest BCUT2D eigenvalue weighted by Crippen LogP contribution is -1.96. The van der Waals surface area contributed by atoms with E-state index >= 15 is 0 Å². The molecule has 0 saturated heterocycles. The standard InChI is InChI=1S/C5H2N6/c6-9-5-3-4(10-11-5)8-2-1-7-3/h1-2H. The molecule has 2 heterocycles. The Kier molecular flexibility index (Phi) is 1.07. The molecule has 0 spiro atoms. The first-order valence-corrected chi connectivity index (χ1v) is 2.87. The van der Waals surface area contributed by atoms with Crippen LogP contribution in [0.25, 0.3) is 5.53 Å². The van der Waals surface area contributed by atoms with E-state index in [2.05, 4.69) is 25.0 Å². The SMILES string of the molecule is [N-]=[N+]=C1N=Nc2nccnc21. The molecule has 1 aliphatic heterocycles. The number of azo groups is 1. The fraction of sp³-hybridized carbons (Fsp3) is 0. The number of nitrogens with zero attached hydrogens (tertiary/aromatic N) is 6. The number of fused-ring (bicyclic) bond motifs is 1. The number of hydrogen-bond donors (Lipinski definition) is 0. The lowest BCUT2D eigenvalue weighted by Gasteiger charge is -1.83. The van der Waals surface area contributed by atoms with Gasteiger partial charge in [0.1, 0.15) is 5.11 Å². The Balaban J connectivity index is 2.72. The summed E-state index contributed by atoms with van der Waals surface area (Å²) in [5.41, 5.74) is 8.79. The van der Waals surface area contributed by atoms with Crippen molar-refractivity contribution < 1.29 is 4.79 Å². The van der Waals surface area contributed by atoms with Crippen molar-refractivity contribution in [2.75, 3.05) is 0 Å². The largest absolute Gasteiger partial charge is 0.497 e. The fourth-order valence-corrected chi connectivity index (χ4v) is 0.771. The normalized spacial score (nSPS) is 12.9. The van der Waals surface area contributed by atoms with Crippen LogP contribution in [-0.2, 0) is 0 Å². The maximum absolute atomic E-state index is 8.38. The van der Waals surface area contributed by atoms with Crippen molar-refractivity contribution in [3.63, 3.8) is 0 Å². The average Bonchev–Trinajstić information content (AvgIpc) is 2.47. The molecule has 0 N–H and O–H groups in total. The summed E-state index contributed by atoms with van der Waals surface area (Å²) in [6, 6.07) is 0. The average molecular weight is 146 g/mol. The van der Waals surface area contributed by atoms with Crippen LogP contribution in [0.4, 0.5) is 5.82 Å². The van der Waals surface area contributed by atoms with Crippen molar-refractivity contribution in [2.45, 2.75) is 0 Å². The minimum Gasteiger partial charge on any atom is -0.497 e. The monoisotopic (exact) mass is 146 g/mol. The van der Waals surface area contributed by atoms with Crippen LogP contribution < -0.4 is 0 Å². The van der Waals surface area contributed by atoms with Crippen molar-refractivity contribution in [2.24, 2.45) is 10.2 Å². The summed E-state index contributed by atoms with van der Waals surface area (Å²) in [6.07, 6.45) is 2.98. The second-order valence-electron chi connectivity index (χ2n) is 1.85. The second kappa shape index (κ2) is 2.03. The Labute approximate surface area is 61.3 Å². The van der Waals surface area contributed by atoms with Gasteiger partial charge in [-0.2, -0.15) is 0 Å². The van der Waals surface area contributed by atoms with Crippen molar-refractivity contribution in [3.8, 4) is 0 Å². The van der Waals surface area contributed by atoms with E-state index in [0.29, 0.717) is 11.5 Å². The van der Waals surface area contributed by atoms with Crippen LogP contribution in [0.15, 0.2) is 22.6 Å². The molecule has 1 aromatic rings. The van der Waals surface area contributed by atoms with E-state index in [9.17, 15) is 0 Å². The topological polar surface area (TPSA) is 86.9 Å². The number of amidine groups is 1. The Morgan fingerprint density at radius 1 is 1.18 bits per heavy atom. The van der Waals surface area contributed by atoms with Gasteiger partial charge in [0.2, 0.25) is 11.5 Å². The Morgan fingerprint density at radius 3 is 2.82 bits per heavy atom. The summed E-state index contributed by atoms with van der Waals surface area (Å²) in [7, 11) is 0. The van der Waals surface area contributed by atoms with E-state index in [1.807, 2.05) is 0 Å². The van der Waals surface area contributed by atoms with Gasteiger partial charge in [-0.05, 0) is 5.11 Å². The van der Waals surface area contributed by atoms with Crippen molar-refractivity contribution in [1.82, 2.24) is 9.97 Å². The third-order valence-corrected chi connectivity index (χ3v) is 1.22. The number of hydrogen-bond acceptors (Lipinski definition) is 3. The molecule has 1 aromatic heterocycles. The highest BCUT2D eigenvalue weighted by molar-refractivity contribution is 5.98. The molecule has 0 bridgehead atoms. The van der Waals surface area contributed by atoms with Gasteiger partial charge in [0.15, 0.2) is 0 Å². The zero-order chi connectivity index (χ0) is 7.68. The quantitative estimate of drug-likeness (QED) is 0.395. The van der Waals surface area contributed by atoms with E-state index in [1.54, 1.807) is 0 Å². The molecule has 0 aromatic carbocycles. The smallest absolute Gasteiger partial charge is 0.456 e. The molecule has 0 atom stereocenters. The van der Waals surface area contributed by atoms with Crippen LogP contribution in [0.3, 0.4) is 0 Å². The minimum atomic E-state index is 0.105. The lowest BCUT2D eigenvalue weighted by atomic mass is 10.4. The molecule has 6 nitrogen and oxygen atoms in total. The highest BCUT2D eigenvalue weighted by Gasteiger charge is 2.27. The van der Waals surface area contributed by atoms with Gasteiger partial charge in [-0.15, -0.1) is 0 Å². The lowest BCUT2D eigenvalue weighted by molar-refractivity contribution is -0.00578. The van der Waals surface area contributed by atoms with Crippen molar-refractivity contribution in [3.05, 3.63) is 23.6 Å². The second-order valence-corrected chi connectivity index (χ2v) is 1.85. The molecule has 0 aliphatic carbocycles. The van der Waals surface area contributed by atoms with Crippen LogP contribution in [0.2, 0.25) is 0 Å². The van der Waals surface area contributed by atoms with Crippen molar-refractivity contribution in [1.29, 1.82) is 0 Å². The van der Waals surface area contributed by atoms with Gasteiger partial charge in [0.05, 0.1) is 0 Å². The van der Waals surface area contributed by atoms with Gasteiger partial charge in [0.25, 0.3) is 0 Å². The van der Waals surface area contributed by atoms with E-state index in [1.165, 1.54) is 12.4 Å². The minimum absolute atomic E-state index is 0.105. The van der Waals surface area contributed by atoms with E-state index in [0.717, 1.165) is 0 Å². The van der Waals surface area contributed by atoms with E-state index in [4.69, 9.17) is 5.53 Å². The van der Waals surface area contributed by atoms with Gasteiger partial charge in [0, 0.05) is 12.4 Å². The Bertz CT molecular complexity index is 374. The first-order chi connectivity index (χ1) is 5.42. The van der Waals surface area contributed by atoms with Crippen LogP contribution in [0.1, 0.15) is 5.69 Å². The van der Waals surface area contributed by atoms with Crippen LogP contribution >= 0.6 is 0 Å². The molecule has 1 aliphatic rings. The van der Waals surface area contributed by atoms with Gasteiger partial charge < -0.3 is 10.3 Å². The molecule has 0 unspecified atom stereocenters. The maximum atomic E-state index is 8.38. The van der Waals surface area contributed by atoms with Crippen LogP contribution in [-0.4, -0.2) is 20.6 Å². The van der Waals surface area contributed by atoms with Crippen molar-refractivity contribution >= 4 is 11.7 Å². The summed E-state index contributed by atoms with van der Waals surface area (Å²) in [5.74, 6) is 0.494. The van der Waals surface area contributed by atoms with E-state index in [-0.39, 0.29) is 5.84 Å². The summed E-state index contributed by atoms with van der Waals surface area (Å²) in [5, 5.41) is 7.13. The Hall–Kier alpha value is -1.94.